The Kier molecular flexibility index (Phi) is 6.04. The van der Waals surface area contributed by atoms with Gasteiger partial charge in [0, 0.05) is 37.1 Å². The molecule has 2 aromatic heterocycles. The molecule has 1 aliphatic heterocycles. The lowest BCUT2D eigenvalue weighted by Crippen LogP contribution is -2.44. The van der Waals surface area contributed by atoms with E-state index in [-0.39, 0.29) is 11.3 Å². The summed E-state index contributed by atoms with van der Waals surface area (Å²) in [6.07, 6.45) is 3.31. The maximum Gasteiger partial charge on any atom is 0.252 e. The van der Waals surface area contributed by atoms with Crippen molar-refractivity contribution in [3.63, 3.8) is 0 Å². The summed E-state index contributed by atoms with van der Waals surface area (Å²) in [6, 6.07) is 13.7. The highest BCUT2D eigenvalue weighted by Gasteiger charge is 2.35. The smallest absolute Gasteiger partial charge is 0.252 e. The van der Waals surface area contributed by atoms with E-state index in [1.54, 1.807) is 24.1 Å². The van der Waals surface area contributed by atoms with E-state index in [1.165, 1.54) is 5.56 Å². The summed E-state index contributed by atoms with van der Waals surface area (Å²) < 4.78 is 12.7. The van der Waals surface area contributed by atoms with Crippen LogP contribution >= 0.6 is 0 Å². The quantitative estimate of drug-likeness (QED) is 0.662. The highest BCUT2D eigenvalue weighted by atomic mass is 16.5. The molecule has 162 valence electrons. The number of carbonyl (C=O) groups is 1. The van der Waals surface area contributed by atoms with Crippen LogP contribution in [0.5, 0.6) is 5.75 Å². The Morgan fingerprint density at radius 2 is 1.90 bits per heavy atom. The molecule has 0 unspecified atom stereocenters. The van der Waals surface area contributed by atoms with Crippen molar-refractivity contribution in [2.75, 3.05) is 26.9 Å². The number of nitrogens with one attached hydrogen (secondary N) is 1. The first kappa shape index (κ1) is 21.1. The second kappa shape index (κ2) is 8.89. The fourth-order valence-corrected chi connectivity index (χ4v) is 4.13. The lowest BCUT2D eigenvalue weighted by molar-refractivity contribution is 0.0487. The SMILES string of the molecule is COc1ccc(C2(CNC(=O)c3ccc(-n4nc(C)cc4C)nc3)CCOCC2)cc1. The molecule has 1 N–H and O–H groups in total. The highest BCUT2D eigenvalue weighted by Crippen LogP contribution is 2.35. The number of aryl methyl sites for hydroxylation is 2. The normalized spacial score (nSPS) is 15.5. The molecule has 1 amide bonds. The number of ether oxygens (including phenoxy) is 2. The van der Waals surface area contributed by atoms with Crippen LogP contribution in [0.25, 0.3) is 5.82 Å². The van der Waals surface area contributed by atoms with E-state index in [4.69, 9.17) is 9.47 Å². The largest absolute Gasteiger partial charge is 0.497 e. The molecule has 3 heterocycles. The third kappa shape index (κ3) is 4.46. The molecule has 3 aromatic rings. The van der Waals surface area contributed by atoms with Gasteiger partial charge >= 0.3 is 0 Å². The zero-order valence-electron chi connectivity index (χ0n) is 18.2. The summed E-state index contributed by atoms with van der Waals surface area (Å²) in [5.74, 6) is 1.39. The van der Waals surface area contributed by atoms with Crippen molar-refractivity contribution in [1.29, 1.82) is 0 Å². The van der Waals surface area contributed by atoms with Crippen LogP contribution in [0.2, 0.25) is 0 Å². The minimum Gasteiger partial charge on any atom is -0.497 e. The Bertz CT molecular complexity index is 1040. The van der Waals surface area contributed by atoms with E-state index in [2.05, 4.69) is 27.5 Å². The van der Waals surface area contributed by atoms with Gasteiger partial charge in [-0.15, -0.1) is 0 Å². The van der Waals surface area contributed by atoms with E-state index in [0.717, 1.165) is 30.0 Å². The lowest BCUT2D eigenvalue weighted by atomic mass is 9.74. The molecular formula is C24H28N4O3. The number of amides is 1. The Morgan fingerprint density at radius 1 is 1.16 bits per heavy atom. The molecule has 1 fully saturated rings. The molecule has 7 nitrogen and oxygen atoms in total. The molecule has 7 heteroatoms. The van der Waals surface area contributed by atoms with Gasteiger partial charge in [0.2, 0.25) is 0 Å². The maximum absolute atomic E-state index is 12.9. The fourth-order valence-electron chi connectivity index (χ4n) is 4.13. The van der Waals surface area contributed by atoms with Gasteiger partial charge in [-0.3, -0.25) is 4.79 Å². The minimum absolute atomic E-state index is 0.133. The second-order valence-electron chi connectivity index (χ2n) is 8.05. The average molecular weight is 421 g/mol. The van der Waals surface area contributed by atoms with E-state index >= 15 is 0 Å². The summed E-state index contributed by atoms with van der Waals surface area (Å²) in [6.45, 7) is 5.83. The third-order valence-electron chi connectivity index (χ3n) is 5.98. The number of benzene rings is 1. The van der Waals surface area contributed by atoms with Gasteiger partial charge in [0.25, 0.3) is 5.91 Å². The van der Waals surface area contributed by atoms with Crippen LogP contribution < -0.4 is 10.1 Å². The van der Waals surface area contributed by atoms with Crippen LogP contribution in [0.4, 0.5) is 0 Å². The number of hydrogen-bond donors (Lipinski definition) is 1. The van der Waals surface area contributed by atoms with Gasteiger partial charge < -0.3 is 14.8 Å². The van der Waals surface area contributed by atoms with Gasteiger partial charge in [-0.1, -0.05) is 12.1 Å². The average Bonchev–Trinajstić information content (AvgIpc) is 3.16. The Balaban J connectivity index is 1.48. The van der Waals surface area contributed by atoms with Crippen LogP contribution in [0, 0.1) is 13.8 Å². The van der Waals surface area contributed by atoms with Gasteiger partial charge in [-0.05, 0) is 62.6 Å². The summed E-state index contributed by atoms with van der Waals surface area (Å²) in [5, 5.41) is 7.56. The van der Waals surface area contributed by atoms with Crippen molar-refractivity contribution in [1.82, 2.24) is 20.1 Å². The molecule has 0 spiro atoms. The number of methoxy groups -OCH3 is 1. The van der Waals surface area contributed by atoms with Gasteiger partial charge in [-0.2, -0.15) is 5.10 Å². The molecule has 0 bridgehead atoms. The van der Waals surface area contributed by atoms with Crippen molar-refractivity contribution in [2.24, 2.45) is 0 Å². The van der Waals surface area contributed by atoms with E-state index in [9.17, 15) is 4.79 Å². The molecule has 31 heavy (non-hydrogen) atoms. The van der Waals surface area contributed by atoms with E-state index < -0.39 is 0 Å². The van der Waals surface area contributed by atoms with Crippen LogP contribution in [0.3, 0.4) is 0 Å². The molecular weight excluding hydrogens is 392 g/mol. The molecule has 1 saturated heterocycles. The number of carbonyl (C=O) groups excluding carboxylic acids is 1. The fraction of sp³-hybridized carbons (Fsp3) is 0.375. The molecule has 1 aromatic carbocycles. The van der Waals surface area contributed by atoms with Crippen molar-refractivity contribution >= 4 is 5.91 Å². The zero-order valence-corrected chi connectivity index (χ0v) is 18.2. The summed E-state index contributed by atoms with van der Waals surface area (Å²) in [5.41, 5.74) is 3.50. The third-order valence-corrected chi connectivity index (χ3v) is 5.98. The van der Waals surface area contributed by atoms with Crippen molar-refractivity contribution in [3.8, 4) is 11.6 Å². The van der Waals surface area contributed by atoms with Crippen molar-refractivity contribution < 1.29 is 14.3 Å². The monoisotopic (exact) mass is 420 g/mol. The summed E-state index contributed by atoms with van der Waals surface area (Å²) in [4.78, 5) is 17.3. The van der Waals surface area contributed by atoms with Gasteiger partial charge in [0.05, 0.1) is 18.4 Å². The first-order valence-electron chi connectivity index (χ1n) is 10.5. The Labute approximate surface area is 182 Å². The first-order valence-corrected chi connectivity index (χ1v) is 10.5. The van der Waals surface area contributed by atoms with Gasteiger partial charge in [0.1, 0.15) is 5.75 Å². The molecule has 4 rings (SSSR count). The van der Waals surface area contributed by atoms with Gasteiger partial charge in [0.15, 0.2) is 5.82 Å². The topological polar surface area (TPSA) is 78.3 Å². The summed E-state index contributed by atoms with van der Waals surface area (Å²) in [7, 11) is 1.66. The van der Waals surface area contributed by atoms with Crippen LogP contribution in [0.1, 0.15) is 40.2 Å². The number of hydrogen-bond acceptors (Lipinski definition) is 5. The van der Waals surface area contributed by atoms with Crippen LogP contribution in [-0.4, -0.2) is 47.5 Å². The van der Waals surface area contributed by atoms with Crippen LogP contribution in [-0.2, 0) is 10.2 Å². The zero-order chi connectivity index (χ0) is 21.8. The van der Waals surface area contributed by atoms with E-state index in [0.29, 0.717) is 31.1 Å². The Hall–Kier alpha value is -3.19. The highest BCUT2D eigenvalue weighted by molar-refractivity contribution is 5.94. The van der Waals surface area contributed by atoms with Gasteiger partial charge in [-0.25, -0.2) is 9.67 Å². The second-order valence-corrected chi connectivity index (χ2v) is 8.05. The predicted octanol–water partition coefficient (Wildman–Crippen LogP) is 3.37. The molecule has 1 aliphatic rings. The summed E-state index contributed by atoms with van der Waals surface area (Å²) >= 11 is 0. The maximum atomic E-state index is 12.9. The molecule has 0 saturated carbocycles. The van der Waals surface area contributed by atoms with Crippen molar-refractivity contribution in [2.45, 2.75) is 32.1 Å². The number of nitrogens with zero attached hydrogens (tertiary/aromatic N) is 3. The molecule has 0 radical (unpaired) electrons. The lowest BCUT2D eigenvalue weighted by Gasteiger charge is -2.38. The minimum atomic E-state index is -0.156. The van der Waals surface area contributed by atoms with E-state index in [1.807, 2.05) is 38.1 Å². The first-order chi connectivity index (χ1) is 15.0. The number of aromatic nitrogens is 3. The predicted molar refractivity (Wildman–Crippen MR) is 118 cm³/mol. The Morgan fingerprint density at radius 3 is 2.48 bits per heavy atom. The number of rotatable bonds is 6. The van der Waals surface area contributed by atoms with Crippen molar-refractivity contribution in [3.05, 3.63) is 71.2 Å². The number of pyridine rings is 1. The van der Waals surface area contributed by atoms with Crippen LogP contribution in [0.15, 0.2) is 48.7 Å². The molecule has 0 aliphatic carbocycles. The molecule has 0 atom stereocenters. The standard InChI is InChI=1S/C24H28N4O3/c1-17-14-18(2)28(27-17)22-9-4-19(15-25-22)23(29)26-16-24(10-12-31-13-11-24)20-5-7-21(30-3)8-6-20/h4-9,14-15H,10-13,16H2,1-3H3,(H,26,29).